The Balaban J connectivity index is 0.000000193. The van der Waals surface area contributed by atoms with E-state index in [1.807, 2.05) is 0 Å². The quantitative estimate of drug-likeness (QED) is 0.137. The molecule has 2 N–H and O–H groups in total. The van der Waals surface area contributed by atoms with Crippen LogP contribution in [0, 0.1) is 0 Å². The standard InChI is InChI=1S/C22H25N5O2S.C21H18F5N5O2S/c1-22(2,3)15-4-6-17(7-5-15)26-10-12-27(13-11-26)20-23-9-8-16(24-20)14-18-19(28)25-21(29)30-18;1-20(22,23)12-8-13(21(24,25)26)10-15(9-12)30-4-6-31(7-5-30)18-27-3-2-14(28-18)11-16-17(32)29-19(33)34-16/h4-9,14H,10-13H2,1-3H3,(H,25,28,29);2-3,8-11H,4-7H2,1H3,(H,29,32,33)/b18-14-;16-11-. The Morgan fingerprint density at radius 1 is 0.547 bits per heavy atom. The molecule has 0 spiro atoms. The number of carbonyl (C=O) groups is 4. The monoisotopic (exact) mass is 922 g/mol. The third-order valence-electron chi connectivity index (χ3n) is 10.5. The second-order valence-electron chi connectivity index (χ2n) is 16.2. The summed E-state index contributed by atoms with van der Waals surface area (Å²) in [5, 5.41) is 3.58. The number of aromatic nitrogens is 4. The van der Waals surface area contributed by atoms with E-state index in [2.05, 4.69) is 85.4 Å². The number of hydrogen-bond acceptors (Lipinski definition) is 14. The topological polar surface area (TPSA) is 157 Å². The molecule has 0 radical (unpaired) electrons. The first-order chi connectivity index (χ1) is 30.2. The molecule has 6 heterocycles. The minimum Gasteiger partial charge on any atom is -0.368 e. The number of anilines is 4. The van der Waals surface area contributed by atoms with E-state index in [0.717, 1.165) is 61.8 Å². The van der Waals surface area contributed by atoms with Gasteiger partial charge in [-0.2, -0.15) is 13.2 Å². The molecule has 21 heteroatoms. The van der Waals surface area contributed by atoms with Gasteiger partial charge in [-0.3, -0.25) is 29.8 Å². The summed E-state index contributed by atoms with van der Waals surface area (Å²) in [7, 11) is 0. The lowest BCUT2D eigenvalue weighted by atomic mass is 9.87. The number of piperazine rings is 2. The molecule has 4 amide bonds. The molecule has 0 saturated carbocycles. The van der Waals surface area contributed by atoms with Gasteiger partial charge in [0.1, 0.15) is 0 Å². The lowest BCUT2D eigenvalue weighted by Crippen LogP contribution is -2.47. The molecule has 0 bridgehead atoms. The second kappa shape index (κ2) is 18.6. The number of nitrogens with one attached hydrogen (secondary N) is 2. The summed E-state index contributed by atoms with van der Waals surface area (Å²) in [6.45, 7) is 11.8. The van der Waals surface area contributed by atoms with Gasteiger partial charge >= 0.3 is 6.18 Å². The maximum atomic E-state index is 13.8. The van der Waals surface area contributed by atoms with Crippen LogP contribution in [-0.2, 0) is 27.1 Å². The van der Waals surface area contributed by atoms with Crippen LogP contribution in [0.1, 0.15) is 55.8 Å². The largest absolute Gasteiger partial charge is 0.416 e. The molecule has 336 valence electrons. The Labute approximate surface area is 373 Å². The van der Waals surface area contributed by atoms with Crippen LogP contribution in [0.3, 0.4) is 0 Å². The van der Waals surface area contributed by atoms with Gasteiger partial charge in [-0.15, -0.1) is 0 Å². The molecule has 0 atom stereocenters. The van der Waals surface area contributed by atoms with E-state index in [4.69, 9.17) is 0 Å². The fourth-order valence-corrected chi connectivity index (χ4v) is 8.35. The van der Waals surface area contributed by atoms with Crippen molar-refractivity contribution in [2.45, 2.75) is 45.2 Å². The molecule has 4 aliphatic rings. The summed E-state index contributed by atoms with van der Waals surface area (Å²) in [5.41, 5.74) is 1.99. The number of benzene rings is 2. The van der Waals surface area contributed by atoms with Crippen molar-refractivity contribution in [1.82, 2.24) is 30.6 Å². The highest BCUT2D eigenvalue weighted by Gasteiger charge is 2.36. The molecule has 64 heavy (non-hydrogen) atoms. The summed E-state index contributed by atoms with van der Waals surface area (Å²) >= 11 is 1.65. The van der Waals surface area contributed by atoms with E-state index in [9.17, 15) is 41.1 Å². The SMILES string of the molecule is CC(C)(C)c1ccc(N2CCN(c3nccc(/C=C4\SC(=O)NC4=O)n3)CC2)cc1.CC(F)(F)c1cc(N2CCN(c3nccc(/C=C4\SC(=O)NC4=O)n3)CC2)cc(C(F)(F)F)c1. The van der Waals surface area contributed by atoms with Crippen LogP contribution in [0.5, 0.6) is 0 Å². The number of thioether (sulfide) groups is 2. The van der Waals surface area contributed by atoms with Crippen LogP contribution < -0.4 is 30.2 Å². The molecule has 8 rings (SSSR count). The summed E-state index contributed by atoms with van der Waals surface area (Å²) in [5.74, 6) is -3.33. The Morgan fingerprint density at radius 3 is 1.36 bits per heavy atom. The van der Waals surface area contributed by atoms with Gasteiger partial charge in [-0.05, 0) is 89.1 Å². The highest BCUT2D eigenvalue weighted by atomic mass is 32.2. The van der Waals surface area contributed by atoms with E-state index in [0.29, 0.717) is 54.3 Å². The zero-order valence-electron chi connectivity index (χ0n) is 35.1. The lowest BCUT2D eigenvalue weighted by molar-refractivity contribution is -0.137. The minimum atomic E-state index is -4.75. The van der Waals surface area contributed by atoms with Gasteiger partial charge in [-0.25, -0.2) is 28.7 Å². The Hall–Kier alpha value is -6.09. The predicted molar refractivity (Wildman–Crippen MR) is 237 cm³/mol. The zero-order chi connectivity index (χ0) is 46.0. The lowest BCUT2D eigenvalue weighted by Gasteiger charge is -2.36. The first-order valence-electron chi connectivity index (χ1n) is 20.1. The second-order valence-corrected chi connectivity index (χ2v) is 18.2. The Morgan fingerprint density at radius 2 is 0.969 bits per heavy atom. The van der Waals surface area contributed by atoms with Crippen molar-refractivity contribution in [3.05, 3.63) is 105 Å². The Kier molecular flexibility index (Phi) is 13.3. The van der Waals surface area contributed by atoms with Gasteiger partial charge in [-0.1, -0.05) is 32.9 Å². The smallest absolute Gasteiger partial charge is 0.368 e. The van der Waals surface area contributed by atoms with Crippen molar-refractivity contribution < 1.29 is 41.1 Å². The van der Waals surface area contributed by atoms with Gasteiger partial charge in [0.25, 0.3) is 28.2 Å². The van der Waals surface area contributed by atoms with Crippen molar-refractivity contribution in [3.8, 4) is 0 Å². The maximum Gasteiger partial charge on any atom is 0.416 e. The fourth-order valence-electron chi connectivity index (χ4n) is 7.01. The van der Waals surface area contributed by atoms with Crippen LogP contribution in [0.15, 0.2) is 76.8 Å². The molecular weight excluding hydrogens is 880 g/mol. The highest BCUT2D eigenvalue weighted by molar-refractivity contribution is 8.18. The number of halogens is 5. The van der Waals surface area contributed by atoms with Gasteiger partial charge in [0.15, 0.2) is 0 Å². The van der Waals surface area contributed by atoms with Gasteiger partial charge in [0.2, 0.25) is 11.9 Å². The fraction of sp³-hybridized carbons (Fsp3) is 0.349. The van der Waals surface area contributed by atoms with Gasteiger partial charge in [0.05, 0.1) is 26.8 Å². The van der Waals surface area contributed by atoms with Crippen LogP contribution in [0.2, 0.25) is 0 Å². The van der Waals surface area contributed by atoms with Gasteiger partial charge in [0, 0.05) is 88.6 Å². The molecule has 4 fully saturated rings. The van der Waals surface area contributed by atoms with E-state index >= 15 is 0 Å². The minimum absolute atomic E-state index is 0.0688. The summed E-state index contributed by atoms with van der Waals surface area (Å²) in [4.78, 5) is 72.1. The third-order valence-corrected chi connectivity index (χ3v) is 12.1. The molecular formula is C43H43F5N10O4S2. The van der Waals surface area contributed by atoms with Crippen molar-refractivity contribution in [1.29, 1.82) is 0 Å². The molecule has 4 aromatic rings. The molecule has 4 saturated heterocycles. The molecule has 14 nitrogen and oxygen atoms in total. The van der Waals surface area contributed by atoms with E-state index in [1.165, 1.54) is 23.5 Å². The number of alkyl halides is 5. The Bertz CT molecular complexity index is 2460. The highest BCUT2D eigenvalue weighted by Crippen LogP contribution is 2.38. The van der Waals surface area contributed by atoms with E-state index in [1.54, 1.807) is 34.2 Å². The molecule has 2 aromatic heterocycles. The summed E-state index contributed by atoms with van der Waals surface area (Å²) < 4.78 is 67.5. The molecule has 2 aromatic carbocycles. The van der Waals surface area contributed by atoms with Crippen molar-refractivity contribution in [3.63, 3.8) is 0 Å². The number of amides is 4. The summed E-state index contributed by atoms with van der Waals surface area (Å²) in [6, 6.07) is 14.6. The van der Waals surface area contributed by atoms with Crippen LogP contribution >= 0.6 is 23.5 Å². The average molecular weight is 923 g/mol. The molecule has 0 unspecified atom stereocenters. The van der Waals surface area contributed by atoms with Crippen molar-refractivity contribution in [2.75, 3.05) is 72.0 Å². The van der Waals surface area contributed by atoms with Crippen LogP contribution in [-0.4, -0.2) is 94.6 Å². The predicted octanol–water partition coefficient (Wildman–Crippen LogP) is 7.68. The zero-order valence-corrected chi connectivity index (χ0v) is 36.7. The average Bonchev–Trinajstić information content (AvgIpc) is 3.75. The van der Waals surface area contributed by atoms with Gasteiger partial charge < -0.3 is 19.6 Å². The van der Waals surface area contributed by atoms with Crippen LogP contribution in [0.4, 0.5) is 54.8 Å². The number of carbonyl (C=O) groups excluding carboxylic acids is 4. The number of rotatable bonds is 7. The normalized spacial score (nSPS) is 18.7. The maximum absolute atomic E-state index is 13.8. The van der Waals surface area contributed by atoms with E-state index in [-0.39, 0.29) is 40.2 Å². The number of nitrogens with zero attached hydrogens (tertiary/aromatic N) is 8. The first kappa shape index (κ1) is 45.9. The van der Waals surface area contributed by atoms with Crippen LogP contribution in [0.25, 0.3) is 12.2 Å². The van der Waals surface area contributed by atoms with E-state index < -0.39 is 34.4 Å². The number of hydrogen-bond donors (Lipinski definition) is 2. The van der Waals surface area contributed by atoms with Crippen molar-refractivity contribution >= 4 is 81.2 Å². The third kappa shape index (κ3) is 11.3. The first-order valence-corrected chi connectivity index (χ1v) is 21.7. The summed E-state index contributed by atoms with van der Waals surface area (Å²) in [6.07, 6.45) is 1.51. The molecule has 0 aliphatic carbocycles. The molecule has 4 aliphatic heterocycles. The number of imide groups is 2. The van der Waals surface area contributed by atoms with Crippen molar-refractivity contribution in [2.24, 2.45) is 0 Å².